The molecule has 0 saturated heterocycles. The lowest BCUT2D eigenvalue weighted by molar-refractivity contribution is -0.157. The molecular formula is C18H19ClN4O2. The van der Waals surface area contributed by atoms with Gasteiger partial charge in [-0.15, -0.1) is 0 Å². The zero-order chi connectivity index (χ0) is 18.3. The Bertz CT molecular complexity index is 778. The maximum absolute atomic E-state index is 12.5. The summed E-state index contributed by atoms with van der Waals surface area (Å²) in [6.45, 7) is 1.91. The second kappa shape index (κ2) is 8.53. The van der Waals surface area contributed by atoms with Gasteiger partial charge in [-0.05, 0) is 30.5 Å². The lowest BCUT2D eigenvalue weighted by atomic mass is 9.87. The van der Waals surface area contributed by atoms with Crippen molar-refractivity contribution in [3.8, 4) is 0 Å². The smallest absolute Gasteiger partial charge is 0.324 e. The fraction of sp³-hybridized carbons (Fsp3) is 0.278. The molecular weight excluding hydrogens is 340 g/mol. The predicted octanol–water partition coefficient (Wildman–Crippen LogP) is 4.17. The molecule has 2 aromatic rings. The van der Waals surface area contributed by atoms with Gasteiger partial charge in [-0.3, -0.25) is 4.79 Å². The van der Waals surface area contributed by atoms with Crippen molar-refractivity contribution in [2.45, 2.75) is 25.0 Å². The van der Waals surface area contributed by atoms with Crippen LogP contribution in [0.25, 0.3) is 10.4 Å². The van der Waals surface area contributed by atoms with E-state index in [9.17, 15) is 4.79 Å². The van der Waals surface area contributed by atoms with E-state index in [1.165, 1.54) is 0 Å². The summed E-state index contributed by atoms with van der Waals surface area (Å²) in [6.07, 6.45) is 0.205. The summed E-state index contributed by atoms with van der Waals surface area (Å²) in [6, 6.07) is 15.6. The minimum atomic E-state index is -1.09. The number of nitrogens with two attached hydrogens (primary N) is 1. The molecule has 0 aliphatic carbocycles. The van der Waals surface area contributed by atoms with Crippen molar-refractivity contribution in [1.29, 1.82) is 0 Å². The Kier molecular flexibility index (Phi) is 6.42. The molecule has 6 nitrogen and oxygen atoms in total. The van der Waals surface area contributed by atoms with E-state index in [0.717, 1.165) is 5.56 Å². The Labute approximate surface area is 151 Å². The third kappa shape index (κ3) is 4.51. The zero-order valence-corrected chi connectivity index (χ0v) is 14.6. The molecule has 0 aromatic heterocycles. The zero-order valence-electron chi connectivity index (χ0n) is 13.8. The highest BCUT2D eigenvalue weighted by Crippen LogP contribution is 2.37. The minimum absolute atomic E-state index is 0.126. The highest BCUT2D eigenvalue weighted by Gasteiger charge is 2.36. The van der Waals surface area contributed by atoms with Crippen LogP contribution in [-0.2, 0) is 15.1 Å². The highest BCUT2D eigenvalue weighted by atomic mass is 35.5. The van der Waals surface area contributed by atoms with Gasteiger partial charge in [0.25, 0.3) is 0 Å². The van der Waals surface area contributed by atoms with Gasteiger partial charge in [-0.25, -0.2) is 0 Å². The van der Waals surface area contributed by atoms with Crippen LogP contribution >= 0.6 is 11.6 Å². The van der Waals surface area contributed by atoms with E-state index >= 15 is 0 Å². The van der Waals surface area contributed by atoms with Crippen LogP contribution in [0.3, 0.4) is 0 Å². The summed E-state index contributed by atoms with van der Waals surface area (Å²) in [4.78, 5) is 15.1. The van der Waals surface area contributed by atoms with Crippen molar-refractivity contribution < 1.29 is 9.53 Å². The monoisotopic (exact) mass is 358 g/mol. The number of ether oxygens (including phenoxy) is 1. The molecule has 0 heterocycles. The molecule has 0 bridgehead atoms. The van der Waals surface area contributed by atoms with Crippen molar-refractivity contribution in [3.05, 3.63) is 81.2 Å². The van der Waals surface area contributed by atoms with Crippen LogP contribution in [0.5, 0.6) is 0 Å². The van der Waals surface area contributed by atoms with E-state index in [-0.39, 0.29) is 13.0 Å². The molecule has 2 aromatic carbocycles. The van der Waals surface area contributed by atoms with E-state index in [0.29, 0.717) is 10.6 Å². The highest BCUT2D eigenvalue weighted by molar-refractivity contribution is 6.31. The number of rotatable bonds is 7. The first-order valence-electron chi connectivity index (χ1n) is 7.79. The van der Waals surface area contributed by atoms with Gasteiger partial charge in [-0.2, -0.15) is 0 Å². The average molecular weight is 359 g/mol. The number of carbonyl (C=O) groups excluding carboxylic acids is 1. The molecule has 0 spiro atoms. The molecule has 0 aliphatic heterocycles. The second-order valence-electron chi connectivity index (χ2n) is 5.65. The maximum Gasteiger partial charge on any atom is 0.324 e. The Morgan fingerprint density at radius 3 is 2.56 bits per heavy atom. The lowest BCUT2D eigenvalue weighted by Gasteiger charge is -2.32. The SMILES string of the molecule is CC(OC(=O)[C@@H](N)CCN=[N+]=[N-])(c1ccccc1)c1ccccc1Cl. The summed E-state index contributed by atoms with van der Waals surface area (Å²) in [7, 11) is 0. The van der Waals surface area contributed by atoms with Gasteiger partial charge in [0.15, 0.2) is 5.60 Å². The summed E-state index contributed by atoms with van der Waals surface area (Å²) in [5.74, 6) is -0.584. The van der Waals surface area contributed by atoms with Crippen LogP contribution in [0.4, 0.5) is 0 Å². The number of halogens is 1. The second-order valence-corrected chi connectivity index (χ2v) is 6.06. The number of hydrogen-bond donors (Lipinski definition) is 1. The first kappa shape index (κ1) is 18.8. The summed E-state index contributed by atoms with van der Waals surface area (Å²) >= 11 is 6.35. The molecule has 0 radical (unpaired) electrons. The van der Waals surface area contributed by atoms with Crippen LogP contribution in [-0.4, -0.2) is 18.6 Å². The van der Waals surface area contributed by atoms with Crippen molar-refractivity contribution in [2.24, 2.45) is 10.8 Å². The van der Waals surface area contributed by atoms with Gasteiger partial charge in [0.05, 0.1) is 0 Å². The van der Waals surface area contributed by atoms with Gasteiger partial charge in [0.1, 0.15) is 6.04 Å². The number of esters is 1. The van der Waals surface area contributed by atoms with Crippen LogP contribution in [0.1, 0.15) is 24.5 Å². The number of carbonyl (C=O) groups is 1. The molecule has 0 fully saturated rings. The van der Waals surface area contributed by atoms with Crippen molar-refractivity contribution in [2.75, 3.05) is 6.54 Å². The molecule has 0 saturated carbocycles. The van der Waals surface area contributed by atoms with E-state index in [4.69, 9.17) is 27.6 Å². The van der Waals surface area contributed by atoms with Crippen molar-refractivity contribution >= 4 is 17.6 Å². The third-order valence-electron chi connectivity index (χ3n) is 3.92. The van der Waals surface area contributed by atoms with Gasteiger partial charge >= 0.3 is 5.97 Å². The molecule has 1 unspecified atom stereocenters. The first-order chi connectivity index (χ1) is 12.0. The van der Waals surface area contributed by atoms with E-state index in [2.05, 4.69) is 10.0 Å². The topological polar surface area (TPSA) is 101 Å². The fourth-order valence-electron chi connectivity index (χ4n) is 2.51. The van der Waals surface area contributed by atoms with Crippen LogP contribution in [0.2, 0.25) is 5.02 Å². The summed E-state index contributed by atoms with van der Waals surface area (Å²) in [5, 5.41) is 3.88. The lowest BCUT2D eigenvalue weighted by Crippen LogP contribution is -2.40. The summed E-state index contributed by atoms with van der Waals surface area (Å²) < 4.78 is 5.80. The van der Waals surface area contributed by atoms with Crippen LogP contribution < -0.4 is 5.73 Å². The van der Waals surface area contributed by atoms with Gasteiger partial charge < -0.3 is 10.5 Å². The van der Waals surface area contributed by atoms with Gasteiger partial charge in [0, 0.05) is 22.0 Å². The molecule has 0 aliphatic rings. The molecule has 7 heteroatoms. The molecule has 0 amide bonds. The molecule has 2 rings (SSSR count). The van der Waals surface area contributed by atoms with Crippen LogP contribution in [0, 0.1) is 0 Å². The average Bonchev–Trinajstić information content (AvgIpc) is 2.62. The van der Waals surface area contributed by atoms with E-state index in [1.807, 2.05) is 48.5 Å². The Hall–Kier alpha value is -2.53. The normalized spacial score (nSPS) is 14.0. The molecule has 2 N–H and O–H groups in total. The quantitative estimate of drug-likeness (QED) is 0.347. The molecule has 130 valence electrons. The van der Waals surface area contributed by atoms with E-state index in [1.54, 1.807) is 13.0 Å². The first-order valence-corrected chi connectivity index (χ1v) is 8.16. The van der Waals surface area contributed by atoms with Gasteiger partial charge in [0.2, 0.25) is 0 Å². The standard InChI is InChI=1S/C18H19ClN4O2/c1-18(13-7-3-2-4-8-13,14-9-5-6-10-15(14)19)25-17(24)16(20)11-12-22-23-21/h2-10,16H,11-12,20H2,1H3/t16-,18?/m0/s1. The molecule has 25 heavy (non-hydrogen) atoms. The number of benzene rings is 2. The Morgan fingerprint density at radius 2 is 1.92 bits per heavy atom. The number of nitrogens with zero attached hydrogens (tertiary/aromatic N) is 3. The Balaban J connectivity index is 2.35. The predicted molar refractivity (Wildman–Crippen MR) is 97.0 cm³/mol. The largest absolute Gasteiger partial charge is 0.448 e. The van der Waals surface area contributed by atoms with Crippen molar-refractivity contribution in [3.63, 3.8) is 0 Å². The van der Waals surface area contributed by atoms with Crippen molar-refractivity contribution in [1.82, 2.24) is 0 Å². The fourth-order valence-corrected chi connectivity index (χ4v) is 2.83. The number of azide groups is 1. The maximum atomic E-state index is 12.5. The molecule has 2 atom stereocenters. The number of hydrogen-bond acceptors (Lipinski definition) is 4. The summed E-state index contributed by atoms with van der Waals surface area (Å²) in [5.41, 5.74) is 14.5. The minimum Gasteiger partial charge on any atom is -0.448 e. The Morgan fingerprint density at radius 1 is 1.28 bits per heavy atom. The van der Waals surface area contributed by atoms with E-state index < -0.39 is 17.6 Å². The van der Waals surface area contributed by atoms with Crippen LogP contribution in [0.15, 0.2) is 59.7 Å². The third-order valence-corrected chi connectivity index (χ3v) is 4.25. The van der Waals surface area contributed by atoms with Gasteiger partial charge in [-0.1, -0.05) is 65.2 Å².